The van der Waals surface area contributed by atoms with E-state index < -0.39 is 8.32 Å². The molecule has 112 valence electrons. The molecule has 1 rings (SSSR count). The van der Waals surface area contributed by atoms with Crippen molar-refractivity contribution in [2.45, 2.75) is 96.7 Å². The van der Waals surface area contributed by atoms with Crippen molar-refractivity contribution in [3.05, 3.63) is 0 Å². The summed E-state index contributed by atoms with van der Waals surface area (Å²) in [7, 11) is -1.54. The van der Waals surface area contributed by atoms with Gasteiger partial charge in [-0.1, -0.05) is 51.9 Å². The standard InChI is InChI=1S/C16H33NOSi/c1-4-5-6-7-8-12-15-19(2,3)18-17-16-13-10-9-11-14-16/h4-15H2,1-3H3. The van der Waals surface area contributed by atoms with Crippen LogP contribution in [0.1, 0.15) is 77.6 Å². The van der Waals surface area contributed by atoms with Crippen molar-refractivity contribution in [3.8, 4) is 0 Å². The van der Waals surface area contributed by atoms with Crippen molar-refractivity contribution in [2.75, 3.05) is 0 Å². The third-order valence-electron chi connectivity index (χ3n) is 3.98. The second kappa shape index (κ2) is 9.57. The van der Waals surface area contributed by atoms with Gasteiger partial charge >= 0.3 is 0 Å². The van der Waals surface area contributed by atoms with Gasteiger partial charge in [0.25, 0.3) is 8.32 Å². The zero-order valence-corrected chi connectivity index (χ0v) is 14.3. The van der Waals surface area contributed by atoms with Crippen LogP contribution in [0.15, 0.2) is 5.16 Å². The Morgan fingerprint density at radius 1 is 0.947 bits per heavy atom. The highest BCUT2D eigenvalue weighted by molar-refractivity contribution is 6.71. The molecule has 1 fully saturated rings. The highest BCUT2D eigenvalue weighted by Gasteiger charge is 2.24. The molecule has 0 radical (unpaired) electrons. The Bertz CT molecular complexity index is 255. The maximum atomic E-state index is 5.92. The number of rotatable bonds is 9. The minimum atomic E-state index is -1.54. The second-order valence-corrected chi connectivity index (χ2v) is 10.8. The summed E-state index contributed by atoms with van der Waals surface area (Å²) in [6, 6.07) is 1.26. The third-order valence-corrected chi connectivity index (χ3v) is 6.13. The van der Waals surface area contributed by atoms with E-state index in [9.17, 15) is 0 Å². The minimum absolute atomic E-state index is 1.17. The van der Waals surface area contributed by atoms with E-state index in [4.69, 9.17) is 4.53 Å². The SMILES string of the molecule is CCCCCCCC[Si](C)(C)ON=C1CCCCC1. The van der Waals surface area contributed by atoms with E-state index in [1.54, 1.807) is 0 Å². The molecule has 0 aromatic rings. The van der Waals surface area contributed by atoms with Crippen LogP contribution in [0.2, 0.25) is 19.1 Å². The van der Waals surface area contributed by atoms with Crippen LogP contribution in [0.4, 0.5) is 0 Å². The molecule has 3 heteroatoms. The molecule has 1 aliphatic carbocycles. The van der Waals surface area contributed by atoms with Crippen LogP contribution in [-0.2, 0) is 4.53 Å². The van der Waals surface area contributed by atoms with Crippen molar-refractivity contribution >= 4 is 14.0 Å². The average molecular weight is 284 g/mol. The Hall–Kier alpha value is -0.313. The summed E-state index contributed by atoms with van der Waals surface area (Å²) in [5.41, 5.74) is 1.31. The Balaban J connectivity index is 2.12. The molecule has 0 amide bonds. The lowest BCUT2D eigenvalue weighted by molar-refractivity contribution is 0.323. The molecule has 0 bridgehead atoms. The number of hydrogen-bond donors (Lipinski definition) is 0. The van der Waals surface area contributed by atoms with E-state index in [1.165, 1.54) is 82.4 Å². The minimum Gasteiger partial charge on any atom is -0.455 e. The van der Waals surface area contributed by atoms with Gasteiger partial charge in [-0.05, 0) is 44.8 Å². The number of nitrogens with zero attached hydrogens (tertiary/aromatic N) is 1. The molecular weight excluding hydrogens is 250 g/mol. The van der Waals surface area contributed by atoms with E-state index in [1.807, 2.05) is 0 Å². The molecule has 0 N–H and O–H groups in total. The summed E-state index contributed by atoms with van der Waals surface area (Å²) in [4.78, 5) is 0. The van der Waals surface area contributed by atoms with Crippen LogP contribution >= 0.6 is 0 Å². The summed E-state index contributed by atoms with van der Waals surface area (Å²) < 4.78 is 5.92. The fraction of sp³-hybridized carbons (Fsp3) is 0.938. The Morgan fingerprint density at radius 3 is 2.26 bits per heavy atom. The topological polar surface area (TPSA) is 21.6 Å². The van der Waals surface area contributed by atoms with Crippen molar-refractivity contribution in [1.29, 1.82) is 0 Å². The monoisotopic (exact) mass is 283 g/mol. The molecular formula is C16H33NOSi. The average Bonchev–Trinajstić information content (AvgIpc) is 2.42. The van der Waals surface area contributed by atoms with Crippen LogP contribution in [0, 0.1) is 0 Å². The van der Waals surface area contributed by atoms with Gasteiger partial charge in [0.15, 0.2) is 0 Å². The van der Waals surface area contributed by atoms with Crippen LogP contribution in [0.5, 0.6) is 0 Å². The maximum Gasteiger partial charge on any atom is 0.281 e. The molecule has 2 nitrogen and oxygen atoms in total. The fourth-order valence-electron chi connectivity index (χ4n) is 2.62. The summed E-state index contributed by atoms with van der Waals surface area (Å²) >= 11 is 0. The lowest BCUT2D eigenvalue weighted by Gasteiger charge is -2.21. The van der Waals surface area contributed by atoms with Gasteiger partial charge in [0.2, 0.25) is 0 Å². The first-order valence-electron chi connectivity index (χ1n) is 8.38. The van der Waals surface area contributed by atoms with Crippen LogP contribution in [0.25, 0.3) is 0 Å². The van der Waals surface area contributed by atoms with Crippen LogP contribution in [0.3, 0.4) is 0 Å². The molecule has 1 saturated carbocycles. The molecule has 0 unspecified atom stereocenters. The van der Waals surface area contributed by atoms with Crippen LogP contribution < -0.4 is 0 Å². The number of hydrogen-bond acceptors (Lipinski definition) is 2. The van der Waals surface area contributed by atoms with Gasteiger partial charge in [0.1, 0.15) is 0 Å². The maximum absolute atomic E-state index is 5.92. The largest absolute Gasteiger partial charge is 0.455 e. The van der Waals surface area contributed by atoms with Crippen molar-refractivity contribution in [2.24, 2.45) is 5.16 Å². The lowest BCUT2D eigenvalue weighted by atomic mass is 9.99. The predicted octanol–water partition coefficient (Wildman–Crippen LogP) is 5.89. The quantitative estimate of drug-likeness (QED) is 0.294. The van der Waals surface area contributed by atoms with Crippen molar-refractivity contribution in [3.63, 3.8) is 0 Å². The molecule has 0 atom stereocenters. The van der Waals surface area contributed by atoms with Gasteiger partial charge in [-0.2, -0.15) is 0 Å². The summed E-state index contributed by atoms with van der Waals surface area (Å²) in [6.07, 6.45) is 14.5. The van der Waals surface area contributed by atoms with E-state index >= 15 is 0 Å². The first-order chi connectivity index (χ1) is 9.14. The highest BCUT2D eigenvalue weighted by atomic mass is 28.4. The zero-order valence-electron chi connectivity index (χ0n) is 13.3. The van der Waals surface area contributed by atoms with Crippen LogP contribution in [-0.4, -0.2) is 14.0 Å². The highest BCUT2D eigenvalue weighted by Crippen LogP contribution is 2.20. The predicted molar refractivity (Wildman–Crippen MR) is 87.3 cm³/mol. The van der Waals surface area contributed by atoms with E-state index in [0.29, 0.717) is 0 Å². The molecule has 0 aromatic carbocycles. The second-order valence-electron chi connectivity index (χ2n) is 6.59. The lowest BCUT2D eigenvalue weighted by Crippen LogP contribution is -2.28. The smallest absolute Gasteiger partial charge is 0.281 e. The van der Waals surface area contributed by atoms with Gasteiger partial charge in [0.05, 0.1) is 5.71 Å². The Labute approximate surface area is 121 Å². The van der Waals surface area contributed by atoms with E-state index in [0.717, 1.165) is 0 Å². The molecule has 0 saturated heterocycles. The van der Waals surface area contributed by atoms with Gasteiger partial charge < -0.3 is 4.53 Å². The first kappa shape index (κ1) is 16.7. The molecule has 0 aliphatic heterocycles. The van der Waals surface area contributed by atoms with Crippen molar-refractivity contribution < 1.29 is 4.53 Å². The first-order valence-corrected chi connectivity index (χ1v) is 11.5. The summed E-state index contributed by atoms with van der Waals surface area (Å²) in [5.74, 6) is 0. The van der Waals surface area contributed by atoms with Gasteiger partial charge in [-0.15, -0.1) is 5.16 Å². The normalized spacial score (nSPS) is 16.5. The molecule has 0 heterocycles. The van der Waals surface area contributed by atoms with Crippen molar-refractivity contribution in [1.82, 2.24) is 0 Å². The van der Waals surface area contributed by atoms with E-state index in [2.05, 4.69) is 25.2 Å². The van der Waals surface area contributed by atoms with Gasteiger partial charge in [-0.25, -0.2) is 0 Å². The molecule has 1 aliphatic rings. The summed E-state index contributed by atoms with van der Waals surface area (Å²) in [5, 5.41) is 4.46. The zero-order chi connectivity index (χ0) is 14.0. The molecule has 19 heavy (non-hydrogen) atoms. The Morgan fingerprint density at radius 2 is 1.58 bits per heavy atom. The van der Waals surface area contributed by atoms with Gasteiger partial charge in [-0.3, -0.25) is 0 Å². The fourth-order valence-corrected chi connectivity index (χ4v) is 4.18. The Kier molecular flexibility index (Phi) is 8.43. The molecule has 0 aromatic heterocycles. The third kappa shape index (κ3) is 8.46. The number of oxime groups is 1. The number of unbranched alkanes of at least 4 members (excludes halogenated alkanes) is 5. The van der Waals surface area contributed by atoms with Gasteiger partial charge in [0, 0.05) is 0 Å². The molecule has 0 spiro atoms. The van der Waals surface area contributed by atoms with E-state index in [-0.39, 0.29) is 0 Å². The summed E-state index contributed by atoms with van der Waals surface area (Å²) in [6.45, 7) is 6.89.